The van der Waals surface area contributed by atoms with Crippen LogP contribution in [0.4, 0.5) is 0 Å². The predicted octanol–water partition coefficient (Wildman–Crippen LogP) is 1.45. The van der Waals surface area contributed by atoms with E-state index in [9.17, 15) is 8.42 Å². The monoisotopic (exact) mass is 314 g/mol. The second-order valence-electron chi connectivity index (χ2n) is 5.46. The Morgan fingerprint density at radius 1 is 1.19 bits per heavy atom. The van der Waals surface area contributed by atoms with E-state index in [0.717, 1.165) is 38.8 Å². The summed E-state index contributed by atoms with van der Waals surface area (Å²) in [6.45, 7) is 5.68. The summed E-state index contributed by atoms with van der Waals surface area (Å²) in [5.74, 6) is 0. The van der Waals surface area contributed by atoms with E-state index in [1.165, 1.54) is 12.6 Å². The number of sulfonamides is 1. The molecule has 1 aliphatic rings. The van der Waals surface area contributed by atoms with E-state index in [1.807, 2.05) is 6.92 Å². The normalized spacial score (nSPS) is 18.3. The van der Waals surface area contributed by atoms with Gasteiger partial charge in [-0.15, -0.1) is 0 Å². The van der Waals surface area contributed by atoms with E-state index in [2.05, 4.69) is 10.4 Å². The number of likely N-dealkylation sites (N-methyl/N-ethyl adjacent to an activating group) is 1. The van der Waals surface area contributed by atoms with Crippen LogP contribution in [0.2, 0.25) is 0 Å². The van der Waals surface area contributed by atoms with Gasteiger partial charge in [0.1, 0.15) is 4.90 Å². The molecule has 120 valence electrons. The van der Waals surface area contributed by atoms with Gasteiger partial charge in [0.25, 0.3) is 0 Å². The van der Waals surface area contributed by atoms with Crippen molar-refractivity contribution in [2.24, 2.45) is 0 Å². The smallest absolute Gasteiger partial charge is 0.246 e. The maximum Gasteiger partial charge on any atom is 0.246 e. The number of hydrogen-bond acceptors (Lipinski definition) is 4. The second kappa shape index (κ2) is 7.91. The lowest BCUT2D eigenvalue weighted by molar-refractivity contribution is 0.364. The molecule has 1 N–H and O–H groups in total. The van der Waals surface area contributed by atoms with Crippen LogP contribution in [0.15, 0.2) is 17.3 Å². The molecule has 1 saturated heterocycles. The van der Waals surface area contributed by atoms with Gasteiger partial charge in [-0.1, -0.05) is 26.2 Å². The molecule has 21 heavy (non-hydrogen) atoms. The fraction of sp³-hybridized carbons (Fsp3) is 0.786. The summed E-state index contributed by atoms with van der Waals surface area (Å²) >= 11 is 0. The van der Waals surface area contributed by atoms with Crippen molar-refractivity contribution in [3.63, 3.8) is 0 Å². The quantitative estimate of drug-likeness (QED) is 0.807. The molecule has 2 heterocycles. The van der Waals surface area contributed by atoms with Gasteiger partial charge in [-0.25, -0.2) is 8.42 Å². The van der Waals surface area contributed by atoms with Crippen molar-refractivity contribution in [3.05, 3.63) is 12.4 Å². The first-order chi connectivity index (χ1) is 10.1. The Hall–Kier alpha value is -0.920. The van der Waals surface area contributed by atoms with Crippen molar-refractivity contribution in [1.82, 2.24) is 19.4 Å². The standard InChI is InChI=1S/C14H26N4O2S/c1-2-15-8-11-17-13-14(12-16-17)21(19,20)18-9-6-4-3-5-7-10-18/h12-13,15H,2-11H2,1H3. The van der Waals surface area contributed by atoms with Crippen molar-refractivity contribution >= 4 is 10.0 Å². The van der Waals surface area contributed by atoms with Gasteiger partial charge in [0.15, 0.2) is 0 Å². The van der Waals surface area contributed by atoms with Gasteiger partial charge in [-0.05, 0) is 19.4 Å². The van der Waals surface area contributed by atoms with Gasteiger partial charge in [-0.2, -0.15) is 9.40 Å². The van der Waals surface area contributed by atoms with Crippen LogP contribution in [-0.4, -0.2) is 48.7 Å². The van der Waals surface area contributed by atoms with Crippen LogP contribution in [0.1, 0.15) is 39.0 Å². The maximum absolute atomic E-state index is 12.7. The van der Waals surface area contributed by atoms with Crippen LogP contribution in [0.25, 0.3) is 0 Å². The third-order valence-electron chi connectivity index (χ3n) is 3.83. The summed E-state index contributed by atoms with van der Waals surface area (Å²) < 4.78 is 28.6. The Bertz CT molecular complexity index is 519. The molecule has 0 radical (unpaired) electrons. The minimum Gasteiger partial charge on any atom is -0.315 e. The average Bonchev–Trinajstić information content (AvgIpc) is 2.87. The van der Waals surface area contributed by atoms with Gasteiger partial charge in [-0.3, -0.25) is 4.68 Å². The first kappa shape index (κ1) is 16.5. The van der Waals surface area contributed by atoms with E-state index in [1.54, 1.807) is 15.2 Å². The van der Waals surface area contributed by atoms with Gasteiger partial charge in [0, 0.05) is 25.8 Å². The van der Waals surface area contributed by atoms with Crippen molar-refractivity contribution in [1.29, 1.82) is 0 Å². The molecule has 1 aromatic rings. The Balaban J connectivity index is 2.03. The fourth-order valence-corrected chi connectivity index (χ4v) is 4.05. The van der Waals surface area contributed by atoms with Gasteiger partial charge >= 0.3 is 0 Å². The molecule has 0 aromatic carbocycles. The fourth-order valence-electron chi connectivity index (χ4n) is 2.58. The van der Waals surface area contributed by atoms with Crippen LogP contribution in [0.5, 0.6) is 0 Å². The van der Waals surface area contributed by atoms with Crippen molar-refractivity contribution in [2.75, 3.05) is 26.2 Å². The molecule has 1 fully saturated rings. The van der Waals surface area contributed by atoms with E-state index in [4.69, 9.17) is 0 Å². The topological polar surface area (TPSA) is 67.2 Å². The SMILES string of the molecule is CCNCCn1cc(S(=O)(=O)N2CCCCCCC2)cn1. The highest BCUT2D eigenvalue weighted by Gasteiger charge is 2.25. The van der Waals surface area contributed by atoms with E-state index in [-0.39, 0.29) is 0 Å². The van der Waals surface area contributed by atoms with Crippen LogP contribution >= 0.6 is 0 Å². The van der Waals surface area contributed by atoms with E-state index in [0.29, 0.717) is 24.5 Å². The lowest BCUT2D eigenvalue weighted by atomic mass is 10.1. The molecule has 2 rings (SSSR count). The Labute approximate surface area is 127 Å². The maximum atomic E-state index is 12.7. The minimum absolute atomic E-state index is 0.319. The molecule has 0 atom stereocenters. The highest BCUT2D eigenvalue weighted by Crippen LogP contribution is 2.19. The average molecular weight is 314 g/mol. The van der Waals surface area contributed by atoms with Crippen LogP contribution in [-0.2, 0) is 16.6 Å². The molecule has 0 saturated carbocycles. The Morgan fingerprint density at radius 3 is 2.52 bits per heavy atom. The molecular weight excluding hydrogens is 288 g/mol. The van der Waals surface area contributed by atoms with Crippen molar-refractivity contribution < 1.29 is 8.42 Å². The van der Waals surface area contributed by atoms with Gasteiger partial charge < -0.3 is 5.32 Å². The molecule has 6 nitrogen and oxygen atoms in total. The zero-order valence-electron chi connectivity index (χ0n) is 12.8. The van der Waals surface area contributed by atoms with Crippen LogP contribution in [0.3, 0.4) is 0 Å². The minimum atomic E-state index is -3.38. The molecule has 7 heteroatoms. The number of rotatable bonds is 6. The van der Waals surface area contributed by atoms with E-state index < -0.39 is 10.0 Å². The molecule has 0 spiro atoms. The summed E-state index contributed by atoms with van der Waals surface area (Å²) in [6, 6.07) is 0. The number of nitrogens with one attached hydrogen (secondary N) is 1. The number of hydrogen-bond donors (Lipinski definition) is 1. The lowest BCUT2D eigenvalue weighted by Gasteiger charge is -2.23. The molecule has 0 bridgehead atoms. The largest absolute Gasteiger partial charge is 0.315 e. The first-order valence-electron chi connectivity index (χ1n) is 7.88. The molecule has 1 aliphatic heterocycles. The number of nitrogens with zero attached hydrogens (tertiary/aromatic N) is 3. The van der Waals surface area contributed by atoms with Crippen molar-refractivity contribution in [3.8, 4) is 0 Å². The van der Waals surface area contributed by atoms with E-state index >= 15 is 0 Å². The highest BCUT2D eigenvalue weighted by molar-refractivity contribution is 7.89. The molecule has 0 amide bonds. The molecule has 1 aromatic heterocycles. The molecule has 0 unspecified atom stereocenters. The second-order valence-corrected chi connectivity index (χ2v) is 7.40. The van der Waals surface area contributed by atoms with Crippen LogP contribution in [0, 0.1) is 0 Å². The molecule has 0 aliphatic carbocycles. The molecular formula is C14H26N4O2S. The summed E-state index contributed by atoms with van der Waals surface area (Å²) in [5, 5.41) is 7.36. The zero-order chi connectivity index (χ0) is 15.1. The number of aromatic nitrogens is 2. The summed E-state index contributed by atoms with van der Waals surface area (Å²) in [6.07, 6.45) is 8.48. The van der Waals surface area contributed by atoms with Crippen molar-refractivity contribution in [2.45, 2.75) is 50.5 Å². The predicted molar refractivity (Wildman–Crippen MR) is 82.6 cm³/mol. The summed E-state index contributed by atoms with van der Waals surface area (Å²) in [5.41, 5.74) is 0. The first-order valence-corrected chi connectivity index (χ1v) is 9.32. The Kier molecular flexibility index (Phi) is 6.20. The summed E-state index contributed by atoms with van der Waals surface area (Å²) in [7, 11) is -3.38. The third-order valence-corrected chi connectivity index (χ3v) is 5.68. The van der Waals surface area contributed by atoms with Gasteiger partial charge in [0.2, 0.25) is 10.0 Å². The zero-order valence-corrected chi connectivity index (χ0v) is 13.6. The lowest BCUT2D eigenvalue weighted by Crippen LogP contribution is -2.33. The third kappa shape index (κ3) is 4.52. The summed E-state index contributed by atoms with van der Waals surface area (Å²) in [4.78, 5) is 0.319. The highest BCUT2D eigenvalue weighted by atomic mass is 32.2. The van der Waals surface area contributed by atoms with Crippen LogP contribution < -0.4 is 5.32 Å². The Morgan fingerprint density at radius 2 is 1.86 bits per heavy atom. The van der Waals surface area contributed by atoms with Gasteiger partial charge in [0.05, 0.1) is 12.7 Å².